The highest BCUT2D eigenvalue weighted by atomic mass is 19.1. The Morgan fingerprint density at radius 1 is 0.686 bits per heavy atom. The van der Waals surface area contributed by atoms with Crippen molar-refractivity contribution in [3.8, 4) is 5.75 Å². The first kappa shape index (κ1) is 42.0. The maximum atomic E-state index is 13.6. The number of benzene rings is 2. The Morgan fingerprint density at radius 3 is 1.73 bits per heavy atom. The van der Waals surface area contributed by atoms with Crippen molar-refractivity contribution >= 4 is 35.5 Å². The van der Waals surface area contributed by atoms with E-state index >= 15 is 0 Å². The third-order valence-corrected chi connectivity index (χ3v) is 7.61. The fraction of sp³-hybridized carbons (Fsp3) is 0.471. The number of amides is 5. The van der Waals surface area contributed by atoms with Gasteiger partial charge in [-0.3, -0.25) is 24.0 Å². The van der Waals surface area contributed by atoms with Gasteiger partial charge in [0.2, 0.25) is 29.5 Å². The number of phenols is 1. The highest BCUT2D eigenvalue weighted by molar-refractivity contribution is 5.95. The number of aromatic hydroxyl groups is 1. The van der Waals surface area contributed by atoms with Gasteiger partial charge in [-0.25, -0.2) is 9.18 Å². The van der Waals surface area contributed by atoms with Crippen LogP contribution in [0.25, 0.3) is 0 Å². The van der Waals surface area contributed by atoms with Crippen LogP contribution in [0.5, 0.6) is 5.75 Å². The predicted molar refractivity (Wildman–Crippen MR) is 181 cm³/mol. The summed E-state index contributed by atoms with van der Waals surface area (Å²) in [7, 11) is 0. The van der Waals surface area contributed by atoms with E-state index in [9.17, 15) is 53.6 Å². The Morgan fingerprint density at radius 2 is 1.20 bits per heavy atom. The molecule has 16 nitrogen and oxygen atoms in total. The van der Waals surface area contributed by atoms with Gasteiger partial charge < -0.3 is 52.7 Å². The van der Waals surface area contributed by atoms with Crippen molar-refractivity contribution in [3.05, 3.63) is 65.5 Å². The first-order valence-electron chi connectivity index (χ1n) is 16.2. The van der Waals surface area contributed by atoms with E-state index < -0.39 is 90.3 Å². The van der Waals surface area contributed by atoms with Crippen LogP contribution in [0.15, 0.2) is 48.5 Å². The van der Waals surface area contributed by atoms with Crippen LogP contribution in [-0.4, -0.2) is 105 Å². The normalized spacial score (nSPS) is 15.2. The Kier molecular flexibility index (Phi) is 16.4. The quantitative estimate of drug-likeness (QED) is 0.0806. The molecule has 51 heavy (non-hydrogen) atoms. The standard InChI is InChI=1S/C34H47FN6O10/c1-17(2)13-25(32(48)41-29(19(4)43)34(50)51)39-31(47)26(15-21-5-9-22(35)10-6-21)38-27(45)16-37-33(49)28(18(3)42)40-30(46)24(36)14-20-7-11-23(44)12-8-20/h5-12,17-19,24-26,28-29,42-44H,13-16,36H2,1-4H3,(H,37,49)(H,38,45)(H,39,47)(H,40,46)(H,41,48)(H,50,51)/t18-,19-,24+,25+,26+,28-,29+/m1/s1. The second kappa shape index (κ2) is 19.9. The summed E-state index contributed by atoms with van der Waals surface area (Å²) in [6, 6.07) is 4.06. The molecule has 2 aromatic carbocycles. The number of aliphatic carboxylic acids is 1. The zero-order valence-corrected chi connectivity index (χ0v) is 28.8. The zero-order chi connectivity index (χ0) is 38.4. The lowest BCUT2D eigenvalue weighted by molar-refractivity contribution is -0.145. The number of nitrogens with two attached hydrogens (primary N) is 1. The third kappa shape index (κ3) is 14.3. The summed E-state index contributed by atoms with van der Waals surface area (Å²) in [4.78, 5) is 76.8. The number of carboxylic acids is 1. The molecule has 2 rings (SSSR count). The number of aliphatic hydroxyl groups is 2. The third-order valence-electron chi connectivity index (χ3n) is 7.61. The Labute approximate surface area is 294 Å². The lowest BCUT2D eigenvalue weighted by atomic mass is 10.0. The molecule has 0 heterocycles. The second-order valence-electron chi connectivity index (χ2n) is 12.6. The number of nitrogens with one attached hydrogen (secondary N) is 5. The summed E-state index contributed by atoms with van der Waals surface area (Å²) in [6.07, 6.45) is -2.93. The number of carbonyl (C=O) groups is 6. The molecule has 7 atom stereocenters. The summed E-state index contributed by atoms with van der Waals surface area (Å²) >= 11 is 0. The van der Waals surface area contributed by atoms with Gasteiger partial charge in [0.1, 0.15) is 29.7 Å². The Balaban J connectivity index is 2.15. The minimum absolute atomic E-state index is 0.0244. The largest absolute Gasteiger partial charge is 0.508 e. The van der Waals surface area contributed by atoms with Crippen molar-refractivity contribution in [3.63, 3.8) is 0 Å². The fourth-order valence-electron chi connectivity index (χ4n) is 4.85. The van der Waals surface area contributed by atoms with E-state index in [1.54, 1.807) is 26.0 Å². The highest BCUT2D eigenvalue weighted by Gasteiger charge is 2.33. The molecule has 0 aliphatic carbocycles. The average molecular weight is 719 g/mol. The van der Waals surface area contributed by atoms with E-state index in [0.29, 0.717) is 11.1 Å². The monoisotopic (exact) mass is 718 g/mol. The average Bonchev–Trinajstić information content (AvgIpc) is 3.05. The summed E-state index contributed by atoms with van der Waals surface area (Å²) in [5.41, 5.74) is 7.02. The summed E-state index contributed by atoms with van der Waals surface area (Å²) in [6.45, 7) is 5.21. The molecule has 0 saturated carbocycles. The smallest absolute Gasteiger partial charge is 0.328 e. The van der Waals surface area contributed by atoms with Crippen LogP contribution in [0.1, 0.15) is 45.2 Å². The Bertz CT molecular complexity index is 1500. The van der Waals surface area contributed by atoms with Gasteiger partial charge in [-0.2, -0.15) is 0 Å². The number of rotatable bonds is 19. The SMILES string of the molecule is CC(C)C[C@H](NC(=O)[C@H](Cc1ccc(F)cc1)NC(=O)CNC(=O)[C@H](NC(=O)[C@@H](N)Cc1ccc(O)cc1)[C@@H](C)O)C(=O)N[C@H](C(=O)O)[C@@H](C)O. The molecular weight excluding hydrogens is 671 g/mol. The number of hydrogen-bond donors (Lipinski definition) is 10. The molecule has 2 aromatic rings. The first-order chi connectivity index (χ1) is 23.9. The topological polar surface area (TPSA) is 270 Å². The van der Waals surface area contributed by atoms with Crippen molar-refractivity contribution in [1.29, 1.82) is 0 Å². The van der Waals surface area contributed by atoms with Crippen molar-refractivity contribution in [2.75, 3.05) is 6.54 Å². The molecule has 11 N–H and O–H groups in total. The molecule has 0 radical (unpaired) electrons. The molecule has 0 spiro atoms. The summed E-state index contributed by atoms with van der Waals surface area (Å²) in [5, 5.41) is 50.6. The maximum absolute atomic E-state index is 13.6. The molecule has 0 aliphatic heterocycles. The summed E-state index contributed by atoms with van der Waals surface area (Å²) in [5.74, 6) is -6.53. The van der Waals surface area contributed by atoms with E-state index in [1.807, 2.05) is 0 Å². The van der Waals surface area contributed by atoms with Gasteiger partial charge in [0.05, 0.1) is 24.8 Å². The maximum Gasteiger partial charge on any atom is 0.328 e. The van der Waals surface area contributed by atoms with Crippen molar-refractivity contribution in [2.24, 2.45) is 11.7 Å². The number of hydrogen-bond acceptors (Lipinski definition) is 10. The van der Waals surface area contributed by atoms with Crippen LogP contribution in [0, 0.1) is 11.7 Å². The fourth-order valence-corrected chi connectivity index (χ4v) is 4.85. The van der Waals surface area contributed by atoms with Gasteiger partial charge in [-0.05, 0) is 68.0 Å². The van der Waals surface area contributed by atoms with Gasteiger partial charge in [0.15, 0.2) is 6.04 Å². The predicted octanol–water partition coefficient (Wildman–Crippen LogP) is -1.41. The van der Waals surface area contributed by atoms with Crippen molar-refractivity contribution < 1.29 is 53.6 Å². The van der Waals surface area contributed by atoms with Gasteiger partial charge in [0.25, 0.3) is 0 Å². The molecule has 17 heteroatoms. The number of carbonyl (C=O) groups excluding carboxylic acids is 5. The van der Waals surface area contributed by atoms with Crippen LogP contribution < -0.4 is 32.3 Å². The molecule has 5 amide bonds. The zero-order valence-electron chi connectivity index (χ0n) is 28.8. The number of halogens is 1. The van der Waals surface area contributed by atoms with E-state index in [-0.39, 0.29) is 30.9 Å². The van der Waals surface area contributed by atoms with Crippen LogP contribution >= 0.6 is 0 Å². The van der Waals surface area contributed by atoms with E-state index in [1.165, 1.54) is 38.1 Å². The molecule has 0 unspecified atom stereocenters. The highest BCUT2D eigenvalue weighted by Crippen LogP contribution is 2.12. The molecule has 0 aromatic heterocycles. The van der Waals surface area contributed by atoms with Crippen LogP contribution in [0.4, 0.5) is 4.39 Å². The van der Waals surface area contributed by atoms with Crippen LogP contribution in [0.3, 0.4) is 0 Å². The lowest BCUT2D eigenvalue weighted by Crippen LogP contribution is -2.59. The van der Waals surface area contributed by atoms with E-state index in [0.717, 1.165) is 12.1 Å². The van der Waals surface area contributed by atoms with Gasteiger partial charge in [-0.1, -0.05) is 38.1 Å². The molecule has 280 valence electrons. The molecular formula is C34H47FN6O10. The minimum Gasteiger partial charge on any atom is -0.508 e. The molecule has 0 bridgehead atoms. The number of carboxylic acid groups (broad SMARTS) is 1. The number of phenolic OH excluding ortho intramolecular Hbond substituents is 1. The van der Waals surface area contributed by atoms with Crippen LogP contribution in [-0.2, 0) is 41.6 Å². The van der Waals surface area contributed by atoms with E-state index in [2.05, 4.69) is 26.6 Å². The second-order valence-corrected chi connectivity index (χ2v) is 12.6. The van der Waals surface area contributed by atoms with Gasteiger partial charge >= 0.3 is 5.97 Å². The van der Waals surface area contributed by atoms with Crippen molar-refractivity contribution in [1.82, 2.24) is 26.6 Å². The van der Waals surface area contributed by atoms with Crippen LogP contribution in [0.2, 0.25) is 0 Å². The lowest BCUT2D eigenvalue weighted by Gasteiger charge is -2.26. The molecule has 0 saturated heterocycles. The molecule has 0 fully saturated rings. The Hall–Kier alpha value is -5.13. The number of aliphatic hydroxyl groups excluding tert-OH is 2. The molecule has 0 aliphatic rings. The first-order valence-corrected chi connectivity index (χ1v) is 16.2. The summed E-state index contributed by atoms with van der Waals surface area (Å²) < 4.78 is 13.6. The van der Waals surface area contributed by atoms with Gasteiger partial charge in [-0.15, -0.1) is 0 Å². The van der Waals surface area contributed by atoms with Gasteiger partial charge in [0, 0.05) is 6.42 Å². The minimum atomic E-state index is -1.66. The van der Waals surface area contributed by atoms with E-state index in [4.69, 9.17) is 5.73 Å². The van der Waals surface area contributed by atoms with Crippen molar-refractivity contribution in [2.45, 2.75) is 89.4 Å².